The molecule has 2 atom stereocenters. The Hall–Kier alpha value is -1.08. The van der Waals surface area contributed by atoms with E-state index in [1.54, 1.807) is 30.1 Å². The van der Waals surface area contributed by atoms with Crippen LogP contribution < -0.4 is 0 Å². The van der Waals surface area contributed by atoms with Crippen LogP contribution in [0.15, 0.2) is 18.2 Å². The minimum absolute atomic E-state index is 0.143. The summed E-state index contributed by atoms with van der Waals surface area (Å²) < 4.78 is 4.57. The van der Waals surface area contributed by atoms with E-state index >= 15 is 0 Å². The molecule has 0 aliphatic rings. The van der Waals surface area contributed by atoms with Crippen molar-refractivity contribution in [3.05, 3.63) is 33.8 Å². The molecule has 0 saturated heterocycles. The zero-order chi connectivity index (χ0) is 16.7. The monoisotopic (exact) mass is 345 g/mol. The summed E-state index contributed by atoms with van der Waals surface area (Å²) in [6, 6.07) is 4.74. The second-order valence-electron chi connectivity index (χ2n) is 4.97. The Bertz CT molecular complexity index is 530. The van der Waals surface area contributed by atoms with Crippen molar-refractivity contribution >= 4 is 42.8 Å². The minimum atomic E-state index is -0.966. The van der Waals surface area contributed by atoms with Crippen LogP contribution in [-0.2, 0) is 20.7 Å². The highest BCUT2D eigenvalue weighted by Gasteiger charge is 2.26. The van der Waals surface area contributed by atoms with Gasteiger partial charge in [0.05, 0.1) is 35.9 Å². The van der Waals surface area contributed by atoms with Crippen LogP contribution in [0.5, 0.6) is 0 Å². The van der Waals surface area contributed by atoms with Gasteiger partial charge < -0.3 is 19.4 Å². The lowest BCUT2D eigenvalue weighted by atomic mass is 9.87. The summed E-state index contributed by atoms with van der Waals surface area (Å²) in [5.41, 5.74) is 0.848. The molecule has 0 heterocycles. The standard InChI is InChI=1S/C14H18BCl2NO4/c1-18(15-8-19)12(13(20)7-14(21)22-2)6-9-3-4-10(16)11(17)5-9/h3-5,8,12-13,15,20H,6-7H2,1-2H3/t12-,13?/m1/s1. The highest BCUT2D eigenvalue weighted by Crippen LogP contribution is 2.24. The fraction of sp³-hybridized carbons (Fsp3) is 0.429. The van der Waals surface area contributed by atoms with Crippen molar-refractivity contribution in [2.45, 2.75) is 25.0 Å². The molecule has 22 heavy (non-hydrogen) atoms. The predicted octanol–water partition coefficient (Wildman–Crippen LogP) is 1.30. The van der Waals surface area contributed by atoms with E-state index in [-0.39, 0.29) is 13.8 Å². The zero-order valence-electron chi connectivity index (χ0n) is 12.5. The maximum atomic E-state index is 11.3. The first kappa shape index (κ1) is 19.0. The Morgan fingerprint density at radius 3 is 2.68 bits per heavy atom. The van der Waals surface area contributed by atoms with E-state index in [9.17, 15) is 14.7 Å². The van der Waals surface area contributed by atoms with Gasteiger partial charge >= 0.3 is 5.97 Å². The number of nitrogens with zero attached hydrogens (tertiary/aromatic N) is 1. The van der Waals surface area contributed by atoms with E-state index in [1.165, 1.54) is 7.11 Å². The maximum Gasteiger partial charge on any atom is 0.308 e. The highest BCUT2D eigenvalue weighted by molar-refractivity contribution is 6.64. The van der Waals surface area contributed by atoms with Gasteiger partial charge in [-0.1, -0.05) is 29.3 Å². The number of methoxy groups -OCH3 is 1. The van der Waals surface area contributed by atoms with E-state index in [0.29, 0.717) is 16.5 Å². The lowest BCUT2D eigenvalue weighted by Gasteiger charge is -2.30. The number of hydrogen-bond donors (Lipinski definition) is 1. The molecule has 5 nitrogen and oxygen atoms in total. The number of esters is 1. The first-order valence-corrected chi connectivity index (χ1v) is 7.47. The lowest BCUT2D eigenvalue weighted by molar-refractivity contribution is -0.143. The van der Waals surface area contributed by atoms with Gasteiger partial charge in [-0.15, -0.1) is 0 Å². The van der Waals surface area contributed by atoms with Gasteiger partial charge in [0.1, 0.15) is 0 Å². The number of benzene rings is 1. The number of ether oxygens (including phenoxy) is 1. The number of rotatable bonds is 8. The van der Waals surface area contributed by atoms with Gasteiger partial charge in [0.2, 0.25) is 0 Å². The van der Waals surface area contributed by atoms with Gasteiger partial charge in [-0.2, -0.15) is 0 Å². The van der Waals surface area contributed by atoms with E-state index in [1.807, 2.05) is 0 Å². The summed E-state index contributed by atoms with van der Waals surface area (Å²) in [4.78, 5) is 23.8. The third-order valence-electron chi connectivity index (χ3n) is 3.41. The van der Waals surface area contributed by atoms with E-state index < -0.39 is 18.1 Å². The summed E-state index contributed by atoms with van der Waals surface area (Å²) in [5.74, 6) is -0.508. The fourth-order valence-electron chi connectivity index (χ4n) is 2.14. The number of hydrogen-bond acceptors (Lipinski definition) is 5. The van der Waals surface area contributed by atoms with E-state index in [4.69, 9.17) is 23.2 Å². The van der Waals surface area contributed by atoms with Crippen LogP contribution in [0, 0.1) is 0 Å². The van der Waals surface area contributed by atoms with Crippen molar-refractivity contribution in [1.29, 1.82) is 0 Å². The molecular weight excluding hydrogens is 328 g/mol. The average Bonchev–Trinajstić information content (AvgIpc) is 2.48. The van der Waals surface area contributed by atoms with Gasteiger partial charge in [-0.05, 0) is 31.2 Å². The van der Waals surface area contributed by atoms with Gasteiger partial charge in [0, 0.05) is 6.04 Å². The molecule has 1 aromatic carbocycles. The van der Waals surface area contributed by atoms with Crippen LogP contribution in [0.1, 0.15) is 12.0 Å². The number of carbonyl (C=O) groups is 2. The van der Waals surface area contributed by atoms with Crippen LogP contribution >= 0.6 is 23.2 Å². The molecule has 0 aliphatic carbocycles. The Balaban J connectivity index is 2.91. The molecule has 1 N–H and O–H groups in total. The molecule has 120 valence electrons. The summed E-state index contributed by atoms with van der Waals surface area (Å²) in [6.45, 7) is 0. The predicted molar refractivity (Wildman–Crippen MR) is 88.3 cm³/mol. The number of aliphatic hydroxyl groups excluding tert-OH is 1. The molecule has 0 fully saturated rings. The second-order valence-corrected chi connectivity index (χ2v) is 5.79. The largest absolute Gasteiger partial charge is 0.469 e. The molecule has 8 heteroatoms. The van der Waals surface area contributed by atoms with Gasteiger partial charge in [-0.3, -0.25) is 4.79 Å². The second kappa shape index (κ2) is 9.15. The third-order valence-corrected chi connectivity index (χ3v) is 4.14. The Labute approximate surface area is 140 Å². The summed E-state index contributed by atoms with van der Waals surface area (Å²) >= 11 is 11.9. The number of carbonyl (C=O) groups excluding carboxylic acids is 2. The summed E-state index contributed by atoms with van der Waals surface area (Å²) in [5, 5.41) is 11.1. The summed E-state index contributed by atoms with van der Waals surface area (Å²) in [7, 11) is 3.11. The first-order chi connectivity index (χ1) is 10.4. The lowest BCUT2D eigenvalue weighted by Crippen LogP contribution is -2.46. The molecule has 1 aromatic rings. The van der Waals surface area contributed by atoms with Crippen LogP contribution in [0.3, 0.4) is 0 Å². The van der Waals surface area contributed by atoms with Crippen molar-refractivity contribution in [2.75, 3.05) is 14.2 Å². The van der Waals surface area contributed by atoms with Crippen molar-refractivity contribution in [3.8, 4) is 0 Å². The fourth-order valence-corrected chi connectivity index (χ4v) is 2.46. The molecular formula is C14H18BCl2NO4. The minimum Gasteiger partial charge on any atom is -0.469 e. The van der Waals surface area contributed by atoms with Crippen molar-refractivity contribution in [3.63, 3.8) is 0 Å². The summed E-state index contributed by atoms with van der Waals surface area (Å²) in [6.07, 6.45) is 0.0458. The third kappa shape index (κ3) is 5.61. The number of halogens is 2. The average molecular weight is 346 g/mol. The van der Waals surface area contributed by atoms with Gasteiger partial charge in [0.15, 0.2) is 0 Å². The molecule has 0 aliphatic heterocycles. The van der Waals surface area contributed by atoms with Crippen LogP contribution in [0.2, 0.25) is 10.0 Å². The van der Waals surface area contributed by atoms with E-state index in [0.717, 1.165) is 11.7 Å². The topological polar surface area (TPSA) is 66.8 Å². The number of aliphatic hydroxyl groups is 1. The first-order valence-electron chi connectivity index (χ1n) is 6.71. The Kier molecular flexibility index (Phi) is 7.89. The van der Waals surface area contributed by atoms with Crippen molar-refractivity contribution < 1.29 is 19.4 Å². The van der Waals surface area contributed by atoms with E-state index in [2.05, 4.69) is 4.74 Å². The molecule has 0 bridgehead atoms. The van der Waals surface area contributed by atoms with Crippen LogP contribution in [0.4, 0.5) is 0 Å². The zero-order valence-corrected chi connectivity index (χ0v) is 14.0. The van der Waals surface area contributed by atoms with Gasteiger partial charge in [0.25, 0.3) is 7.41 Å². The molecule has 0 amide bonds. The smallest absolute Gasteiger partial charge is 0.308 e. The maximum absolute atomic E-state index is 11.3. The molecule has 1 rings (SSSR count). The van der Waals surface area contributed by atoms with Crippen molar-refractivity contribution in [1.82, 2.24) is 4.81 Å². The van der Waals surface area contributed by atoms with Gasteiger partial charge in [-0.25, -0.2) is 0 Å². The molecule has 1 unspecified atom stereocenters. The number of likely N-dealkylation sites (N-methyl/N-ethyl adjacent to an activating group) is 1. The Morgan fingerprint density at radius 1 is 1.45 bits per heavy atom. The quantitative estimate of drug-likeness (QED) is 0.437. The Morgan fingerprint density at radius 2 is 2.14 bits per heavy atom. The molecule has 0 aromatic heterocycles. The molecule has 0 saturated carbocycles. The highest BCUT2D eigenvalue weighted by atomic mass is 35.5. The van der Waals surface area contributed by atoms with Crippen molar-refractivity contribution in [2.24, 2.45) is 0 Å². The molecule has 0 radical (unpaired) electrons. The molecule has 0 spiro atoms. The van der Waals surface area contributed by atoms with Crippen LogP contribution in [0.25, 0.3) is 0 Å². The normalized spacial score (nSPS) is 13.5. The van der Waals surface area contributed by atoms with Crippen LogP contribution in [-0.4, -0.2) is 55.8 Å². The SMILES string of the molecule is COC(=O)CC(O)[C@@H](Cc1ccc(Cl)c(Cl)c1)N(C)BC=O.